The molecule has 2 aromatic heterocycles. The van der Waals surface area contributed by atoms with E-state index in [2.05, 4.69) is 10.4 Å². The van der Waals surface area contributed by atoms with E-state index < -0.39 is 5.97 Å². The number of aromatic nitrogens is 2. The van der Waals surface area contributed by atoms with Gasteiger partial charge < -0.3 is 14.8 Å². The molecule has 0 saturated carbocycles. The van der Waals surface area contributed by atoms with Crippen LogP contribution in [0.1, 0.15) is 45.1 Å². The summed E-state index contributed by atoms with van der Waals surface area (Å²) in [5.74, 6) is -0.566. The van der Waals surface area contributed by atoms with Gasteiger partial charge in [0.2, 0.25) is 0 Å². The fourth-order valence-corrected chi connectivity index (χ4v) is 2.52. The fourth-order valence-electron chi connectivity index (χ4n) is 2.52. The number of hydrogen-bond donors (Lipinski definition) is 2. The molecule has 0 aliphatic carbocycles. The fraction of sp³-hybridized carbons (Fsp3) is 0.167. The van der Waals surface area contributed by atoms with Gasteiger partial charge in [-0.15, -0.1) is 0 Å². The Hall–Kier alpha value is -3.35. The molecular formula is C18H17N3O4. The SMILES string of the molecule is Cc1c(C(=O)O)cnn1-c1ccc(C(=O)N[C@@H](C)c2ccco2)cc1. The third kappa shape index (κ3) is 3.30. The molecule has 0 bridgehead atoms. The lowest BCUT2D eigenvalue weighted by atomic mass is 10.1. The molecule has 0 spiro atoms. The molecule has 3 aromatic rings. The topological polar surface area (TPSA) is 97.4 Å². The largest absolute Gasteiger partial charge is 0.478 e. The van der Waals surface area contributed by atoms with Gasteiger partial charge in [-0.3, -0.25) is 4.79 Å². The van der Waals surface area contributed by atoms with Gasteiger partial charge in [-0.1, -0.05) is 0 Å². The van der Waals surface area contributed by atoms with Crippen molar-refractivity contribution in [2.24, 2.45) is 0 Å². The van der Waals surface area contributed by atoms with Crippen molar-refractivity contribution in [2.45, 2.75) is 19.9 Å². The highest BCUT2D eigenvalue weighted by Gasteiger charge is 2.15. The smallest absolute Gasteiger partial charge is 0.339 e. The molecule has 128 valence electrons. The molecule has 7 heteroatoms. The number of carbonyl (C=O) groups is 2. The number of furan rings is 1. The molecule has 0 saturated heterocycles. The Morgan fingerprint density at radius 3 is 2.52 bits per heavy atom. The van der Waals surface area contributed by atoms with Gasteiger partial charge in [0, 0.05) is 5.56 Å². The molecule has 25 heavy (non-hydrogen) atoms. The Morgan fingerprint density at radius 2 is 1.96 bits per heavy atom. The number of carboxylic acid groups (broad SMARTS) is 1. The van der Waals surface area contributed by atoms with Gasteiger partial charge in [0.15, 0.2) is 0 Å². The summed E-state index contributed by atoms with van der Waals surface area (Å²) < 4.78 is 6.79. The number of rotatable bonds is 5. The summed E-state index contributed by atoms with van der Waals surface area (Å²) in [6.45, 7) is 3.52. The van der Waals surface area contributed by atoms with Crippen LogP contribution in [0.2, 0.25) is 0 Å². The highest BCUT2D eigenvalue weighted by Crippen LogP contribution is 2.16. The van der Waals surface area contributed by atoms with Crippen LogP contribution in [0.25, 0.3) is 5.69 Å². The first-order chi connectivity index (χ1) is 12.0. The average molecular weight is 339 g/mol. The van der Waals surface area contributed by atoms with Crippen LogP contribution in [-0.4, -0.2) is 26.8 Å². The number of hydrogen-bond acceptors (Lipinski definition) is 4. The van der Waals surface area contributed by atoms with E-state index in [1.54, 1.807) is 49.6 Å². The molecule has 0 radical (unpaired) electrons. The summed E-state index contributed by atoms with van der Waals surface area (Å²) in [5, 5.41) is 16.0. The van der Waals surface area contributed by atoms with Gasteiger partial charge in [0.05, 0.1) is 29.9 Å². The molecule has 0 aliphatic rings. The van der Waals surface area contributed by atoms with Crippen molar-refractivity contribution in [3.8, 4) is 5.69 Å². The molecule has 0 fully saturated rings. The number of nitrogens with one attached hydrogen (secondary N) is 1. The Balaban J connectivity index is 1.76. The predicted octanol–water partition coefficient (Wildman–Crippen LogP) is 2.96. The first-order valence-corrected chi connectivity index (χ1v) is 7.70. The van der Waals surface area contributed by atoms with Crippen molar-refractivity contribution >= 4 is 11.9 Å². The van der Waals surface area contributed by atoms with Gasteiger partial charge in [-0.05, 0) is 50.2 Å². The molecule has 1 atom stereocenters. The van der Waals surface area contributed by atoms with Crippen LogP contribution < -0.4 is 5.32 Å². The minimum absolute atomic E-state index is 0.147. The van der Waals surface area contributed by atoms with E-state index in [4.69, 9.17) is 9.52 Å². The summed E-state index contributed by atoms with van der Waals surface area (Å²) in [7, 11) is 0. The van der Waals surface area contributed by atoms with Crippen molar-refractivity contribution in [2.75, 3.05) is 0 Å². The monoisotopic (exact) mass is 339 g/mol. The first-order valence-electron chi connectivity index (χ1n) is 7.70. The highest BCUT2D eigenvalue weighted by molar-refractivity contribution is 5.94. The lowest BCUT2D eigenvalue weighted by Gasteiger charge is -2.12. The van der Waals surface area contributed by atoms with Crippen molar-refractivity contribution in [1.82, 2.24) is 15.1 Å². The zero-order chi connectivity index (χ0) is 18.0. The van der Waals surface area contributed by atoms with Crippen molar-refractivity contribution in [1.29, 1.82) is 0 Å². The van der Waals surface area contributed by atoms with E-state index in [0.717, 1.165) is 0 Å². The van der Waals surface area contributed by atoms with Crippen LogP contribution in [0.4, 0.5) is 0 Å². The molecule has 2 heterocycles. The van der Waals surface area contributed by atoms with E-state index >= 15 is 0 Å². The third-order valence-corrected chi connectivity index (χ3v) is 3.93. The average Bonchev–Trinajstić information content (AvgIpc) is 3.24. The normalized spacial score (nSPS) is 11.9. The standard InChI is InChI=1S/C18H17N3O4/c1-11(16-4-3-9-25-16)20-17(22)13-5-7-14(8-6-13)21-12(2)15(10-19-21)18(23)24/h3-11H,1-2H3,(H,20,22)(H,23,24)/t11-/m0/s1. The molecular weight excluding hydrogens is 322 g/mol. The van der Waals surface area contributed by atoms with Crippen LogP contribution in [-0.2, 0) is 0 Å². The Bertz CT molecular complexity index is 895. The third-order valence-electron chi connectivity index (χ3n) is 3.93. The Labute approximate surface area is 143 Å². The lowest BCUT2D eigenvalue weighted by Crippen LogP contribution is -2.26. The lowest BCUT2D eigenvalue weighted by molar-refractivity contribution is 0.0695. The van der Waals surface area contributed by atoms with E-state index in [1.165, 1.54) is 10.9 Å². The van der Waals surface area contributed by atoms with E-state index in [0.29, 0.717) is 22.7 Å². The number of carboxylic acids is 1. The summed E-state index contributed by atoms with van der Waals surface area (Å²) in [5.41, 5.74) is 1.84. The maximum atomic E-state index is 12.3. The number of nitrogens with zero attached hydrogens (tertiary/aromatic N) is 2. The Morgan fingerprint density at radius 1 is 1.24 bits per heavy atom. The van der Waals surface area contributed by atoms with Crippen LogP contribution in [0.3, 0.4) is 0 Å². The Kier molecular flexibility index (Phi) is 4.38. The van der Waals surface area contributed by atoms with Gasteiger partial charge in [-0.25, -0.2) is 9.48 Å². The van der Waals surface area contributed by atoms with Crippen molar-refractivity contribution in [3.05, 3.63) is 71.4 Å². The maximum Gasteiger partial charge on any atom is 0.339 e. The zero-order valence-corrected chi connectivity index (χ0v) is 13.8. The molecule has 3 rings (SSSR count). The quantitative estimate of drug-likeness (QED) is 0.745. The first kappa shape index (κ1) is 16.5. The van der Waals surface area contributed by atoms with Crippen LogP contribution in [0, 0.1) is 6.92 Å². The second-order valence-corrected chi connectivity index (χ2v) is 5.62. The predicted molar refractivity (Wildman–Crippen MR) is 89.8 cm³/mol. The molecule has 1 aromatic carbocycles. The van der Waals surface area contributed by atoms with Crippen LogP contribution in [0.5, 0.6) is 0 Å². The van der Waals surface area contributed by atoms with E-state index in [1.807, 2.05) is 6.92 Å². The second-order valence-electron chi connectivity index (χ2n) is 5.62. The van der Waals surface area contributed by atoms with Gasteiger partial charge in [0.25, 0.3) is 5.91 Å². The molecule has 1 amide bonds. The summed E-state index contributed by atoms with van der Waals surface area (Å²) in [4.78, 5) is 23.4. The van der Waals surface area contributed by atoms with Gasteiger partial charge >= 0.3 is 5.97 Å². The summed E-state index contributed by atoms with van der Waals surface area (Å²) in [6, 6.07) is 10.1. The minimum Gasteiger partial charge on any atom is -0.478 e. The zero-order valence-electron chi connectivity index (χ0n) is 13.8. The van der Waals surface area contributed by atoms with Crippen LogP contribution in [0.15, 0.2) is 53.3 Å². The second kappa shape index (κ2) is 6.64. The number of aromatic carboxylic acids is 1. The number of carbonyl (C=O) groups excluding carboxylic acids is 1. The molecule has 7 nitrogen and oxygen atoms in total. The van der Waals surface area contributed by atoms with E-state index in [9.17, 15) is 9.59 Å². The van der Waals surface area contributed by atoms with Gasteiger partial charge in [0.1, 0.15) is 11.3 Å². The number of benzene rings is 1. The van der Waals surface area contributed by atoms with Gasteiger partial charge in [-0.2, -0.15) is 5.10 Å². The summed E-state index contributed by atoms with van der Waals surface area (Å²) >= 11 is 0. The molecule has 0 unspecified atom stereocenters. The highest BCUT2D eigenvalue weighted by atomic mass is 16.4. The molecule has 0 aliphatic heterocycles. The van der Waals surface area contributed by atoms with E-state index in [-0.39, 0.29) is 17.5 Å². The summed E-state index contributed by atoms with van der Waals surface area (Å²) in [6.07, 6.45) is 2.87. The van der Waals surface area contributed by atoms with Crippen LogP contribution >= 0.6 is 0 Å². The van der Waals surface area contributed by atoms with Crippen molar-refractivity contribution < 1.29 is 19.1 Å². The minimum atomic E-state index is -1.02. The van der Waals surface area contributed by atoms with Crippen molar-refractivity contribution in [3.63, 3.8) is 0 Å². The number of amides is 1. The molecule has 2 N–H and O–H groups in total. The maximum absolute atomic E-state index is 12.3.